The lowest BCUT2D eigenvalue weighted by Gasteiger charge is -2.31. The molecule has 0 bridgehead atoms. The second-order valence-corrected chi connectivity index (χ2v) is 7.12. The lowest BCUT2D eigenvalue weighted by atomic mass is 9.93. The minimum atomic E-state index is -2.50. The number of carbonyl (C=O) groups excluding carboxylic acids is 1. The van der Waals surface area contributed by atoms with E-state index in [9.17, 15) is 13.6 Å². The molecule has 134 valence electrons. The summed E-state index contributed by atoms with van der Waals surface area (Å²) >= 11 is 3.43. The number of aromatic nitrogens is 2. The Balaban J connectivity index is 1.55. The highest BCUT2D eigenvalue weighted by atomic mass is 79.9. The van der Waals surface area contributed by atoms with Crippen LogP contribution in [-0.2, 0) is 4.79 Å². The summed E-state index contributed by atoms with van der Waals surface area (Å²) in [4.78, 5) is 22.8. The molecule has 0 unspecified atom stereocenters. The average Bonchev–Trinajstić information content (AvgIpc) is 2.60. The van der Waals surface area contributed by atoms with Gasteiger partial charge in [-0.25, -0.2) is 18.7 Å². The number of hydrogen-bond donors (Lipinski definition) is 1. The number of fused-ring (bicyclic) bond motifs is 1. The Bertz CT molecular complexity index is 751. The van der Waals surface area contributed by atoms with Gasteiger partial charge in [0.25, 0.3) is 6.43 Å². The average molecular weight is 413 g/mol. The lowest BCUT2D eigenvalue weighted by Crippen LogP contribution is -2.37. The molecule has 25 heavy (non-hydrogen) atoms. The van der Waals surface area contributed by atoms with E-state index in [0.717, 1.165) is 41.3 Å². The van der Waals surface area contributed by atoms with Crippen LogP contribution in [0, 0.1) is 5.92 Å². The van der Waals surface area contributed by atoms with E-state index in [1.807, 2.05) is 24.4 Å². The number of amides is 1. The fourth-order valence-electron chi connectivity index (χ4n) is 3.01. The molecule has 0 saturated carbocycles. The number of halogens is 3. The van der Waals surface area contributed by atoms with Crippen LogP contribution in [0.15, 0.2) is 28.9 Å². The number of rotatable bonds is 5. The highest BCUT2D eigenvalue weighted by Crippen LogP contribution is 2.25. The van der Waals surface area contributed by atoms with Gasteiger partial charge in [0, 0.05) is 35.6 Å². The minimum absolute atomic E-state index is 0.213. The molecule has 0 spiro atoms. The Kier molecular flexibility index (Phi) is 5.78. The number of nitrogens with zero attached hydrogens (tertiary/aromatic N) is 3. The van der Waals surface area contributed by atoms with Crippen molar-refractivity contribution in [2.24, 2.45) is 5.92 Å². The SMILES string of the molecule is O=C(CC1CCN(c2ncc3cc(Br)ccc3n2)CC1)NCC(F)F. The Morgan fingerprint density at radius 3 is 2.84 bits per heavy atom. The summed E-state index contributed by atoms with van der Waals surface area (Å²) in [5.74, 6) is 0.604. The molecule has 1 aromatic carbocycles. The van der Waals surface area contributed by atoms with E-state index >= 15 is 0 Å². The molecule has 1 aliphatic rings. The zero-order valence-electron chi connectivity index (χ0n) is 13.6. The Morgan fingerprint density at radius 2 is 2.12 bits per heavy atom. The fourth-order valence-corrected chi connectivity index (χ4v) is 3.39. The standard InChI is InChI=1S/C17H19BrF2N4O/c18-13-1-2-14-12(8-13)9-22-17(23-14)24-5-3-11(4-6-24)7-16(25)21-10-15(19)20/h1-2,8-9,11,15H,3-7,10H2,(H,21,25). The van der Waals surface area contributed by atoms with Crippen molar-refractivity contribution in [3.63, 3.8) is 0 Å². The highest BCUT2D eigenvalue weighted by Gasteiger charge is 2.23. The quantitative estimate of drug-likeness (QED) is 0.817. The van der Waals surface area contributed by atoms with Crippen LogP contribution in [0.4, 0.5) is 14.7 Å². The van der Waals surface area contributed by atoms with Gasteiger partial charge >= 0.3 is 0 Å². The third kappa shape index (κ3) is 4.84. The molecule has 2 heterocycles. The van der Waals surface area contributed by atoms with Crippen molar-refractivity contribution in [1.29, 1.82) is 0 Å². The number of hydrogen-bond acceptors (Lipinski definition) is 4. The number of anilines is 1. The van der Waals surface area contributed by atoms with E-state index in [4.69, 9.17) is 0 Å². The van der Waals surface area contributed by atoms with E-state index in [2.05, 4.69) is 36.1 Å². The van der Waals surface area contributed by atoms with E-state index < -0.39 is 13.0 Å². The molecule has 0 radical (unpaired) electrons. The van der Waals surface area contributed by atoms with Crippen LogP contribution in [0.5, 0.6) is 0 Å². The second-order valence-electron chi connectivity index (χ2n) is 6.20. The number of nitrogens with one attached hydrogen (secondary N) is 1. The smallest absolute Gasteiger partial charge is 0.255 e. The Morgan fingerprint density at radius 1 is 1.36 bits per heavy atom. The predicted molar refractivity (Wildman–Crippen MR) is 95.8 cm³/mol. The number of alkyl halides is 2. The third-order valence-corrected chi connectivity index (χ3v) is 4.85. The van der Waals surface area contributed by atoms with Gasteiger partial charge in [0.1, 0.15) is 0 Å². The van der Waals surface area contributed by atoms with Crippen molar-refractivity contribution >= 4 is 38.7 Å². The fraction of sp³-hybridized carbons (Fsp3) is 0.471. The van der Waals surface area contributed by atoms with Crippen LogP contribution in [0.1, 0.15) is 19.3 Å². The van der Waals surface area contributed by atoms with Crippen LogP contribution in [0.2, 0.25) is 0 Å². The first-order valence-electron chi connectivity index (χ1n) is 8.23. The summed E-state index contributed by atoms with van der Waals surface area (Å²) in [6.45, 7) is 0.947. The van der Waals surface area contributed by atoms with Crippen LogP contribution < -0.4 is 10.2 Å². The Labute approximate surface area is 153 Å². The van der Waals surface area contributed by atoms with E-state index in [0.29, 0.717) is 12.4 Å². The summed E-state index contributed by atoms with van der Waals surface area (Å²) in [6, 6.07) is 5.87. The topological polar surface area (TPSA) is 58.1 Å². The van der Waals surface area contributed by atoms with E-state index in [1.165, 1.54) is 0 Å². The molecule has 1 N–H and O–H groups in total. The molecule has 2 aromatic rings. The summed E-state index contributed by atoms with van der Waals surface area (Å²) in [5.41, 5.74) is 0.890. The predicted octanol–water partition coefficient (Wildman–Crippen LogP) is 3.38. The molecule has 1 amide bonds. The molecule has 5 nitrogen and oxygen atoms in total. The minimum Gasteiger partial charge on any atom is -0.350 e. The monoisotopic (exact) mass is 412 g/mol. The molecular formula is C17H19BrF2N4O. The van der Waals surface area contributed by atoms with Crippen LogP contribution >= 0.6 is 15.9 Å². The van der Waals surface area contributed by atoms with E-state index in [1.54, 1.807) is 0 Å². The van der Waals surface area contributed by atoms with Crippen molar-refractivity contribution < 1.29 is 13.6 Å². The van der Waals surface area contributed by atoms with Gasteiger partial charge in [0.15, 0.2) is 0 Å². The van der Waals surface area contributed by atoms with Gasteiger partial charge in [-0.1, -0.05) is 15.9 Å². The summed E-state index contributed by atoms with van der Waals surface area (Å²) in [7, 11) is 0. The molecular weight excluding hydrogens is 394 g/mol. The van der Waals surface area contributed by atoms with Crippen LogP contribution in [-0.4, -0.2) is 41.9 Å². The van der Waals surface area contributed by atoms with Gasteiger partial charge in [-0.15, -0.1) is 0 Å². The summed E-state index contributed by atoms with van der Waals surface area (Å²) in [5, 5.41) is 3.24. The first-order valence-corrected chi connectivity index (χ1v) is 9.02. The molecule has 0 atom stereocenters. The molecule has 1 fully saturated rings. The first kappa shape index (κ1) is 18.0. The van der Waals surface area contributed by atoms with Gasteiger partial charge in [0.05, 0.1) is 12.1 Å². The lowest BCUT2D eigenvalue weighted by molar-refractivity contribution is -0.122. The molecule has 1 aromatic heterocycles. The van der Waals surface area contributed by atoms with Crippen molar-refractivity contribution in [3.05, 3.63) is 28.9 Å². The van der Waals surface area contributed by atoms with Gasteiger partial charge < -0.3 is 10.2 Å². The first-order chi connectivity index (χ1) is 12.0. The number of carbonyl (C=O) groups is 1. The van der Waals surface area contributed by atoms with Gasteiger partial charge in [-0.3, -0.25) is 4.79 Å². The van der Waals surface area contributed by atoms with Gasteiger partial charge in [-0.2, -0.15) is 0 Å². The van der Waals surface area contributed by atoms with Crippen molar-refractivity contribution in [1.82, 2.24) is 15.3 Å². The molecule has 1 aliphatic heterocycles. The maximum atomic E-state index is 12.1. The zero-order valence-corrected chi connectivity index (χ0v) is 15.2. The molecule has 0 aliphatic carbocycles. The normalized spacial score (nSPS) is 15.8. The molecule has 3 rings (SSSR count). The van der Waals surface area contributed by atoms with Crippen LogP contribution in [0.3, 0.4) is 0 Å². The zero-order chi connectivity index (χ0) is 17.8. The highest BCUT2D eigenvalue weighted by molar-refractivity contribution is 9.10. The maximum Gasteiger partial charge on any atom is 0.255 e. The summed E-state index contributed by atoms with van der Waals surface area (Å²) in [6.07, 6.45) is 1.25. The van der Waals surface area contributed by atoms with Gasteiger partial charge in [0.2, 0.25) is 11.9 Å². The number of benzene rings is 1. The molecule has 8 heteroatoms. The summed E-state index contributed by atoms with van der Waals surface area (Å²) < 4.78 is 25.2. The van der Waals surface area contributed by atoms with Crippen LogP contribution in [0.25, 0.3) is 10.9 Å². The third-order valence-electron chi connectivity index (χ3n) is 4.35. The van der Waals surface area contributed by atoms with Gasteiger partial charge in [-0.05, 0) is 37.0 Å². The van der Waals surface area contributed by atoms with Crippen molar-refractivity contribution in [2.75, 3.05) is 24.5 Å². The maximum absolute atomic E-state index is 12.1. The second kappa shape index (κ2) is 8.03. The molecule has 1 saturated heterocycles. The Hall–Kier alpha value is -1.83. The number of piperidine rings is 1. The van der Waals surface area contributed by atoms with Crippen molar-refractivity contribution in [3.8, 4) is 0 Å². The largest absolute Gasteiger partial charge is 0.350 e. The van der Waals surface area contributed by atoms with Crippen molar-refractivity contribution in [2.45, 2.75) is 25.7 Å². The van der Waals surface area contributed by atoms with E-state index in [-0.39, 0.29) is 11.8 Å².